The van der Waals surface area contributed by atoms with Crippen LogP contribution in [0.1, 0.15) is 21.0 Å². The van der Waals surface area contributed by atoms with E-state index >= 15 is 0 Å². The van der Waals surface area contributed by atoms with E-state index in [0.717, 1.165) is 0 Å². The van der Waals surface area contributed by atoms with Gasteiger partial charge in [-0.25, -0.2) is 19.6 Å². The Labute approximate surface area is 120 Å². The zero-order valence-corrected chi connectivity index (χ0v) is 12.6. The predicted molar refractivity (Wildman–Crippen MR) is 58.0 cm³/mol. The van der Waals surface area contributed by atoms with Crippen molar-refractivity contribution in [2.75, 3.05) is 0 Å². The van der Waals surface area contributed by atoms with Gasteiger partial charge in [-0.15, -0.1) is 0 Å². The molecule has 0 spiro atoms. The molecule has 0 radical (unpaired) electrons. The molecule has 0 aromatic carbocycles. The van der Waals surface area contributed by atoms with E-state index < -0.39 is 11.9 Å². The van der Waals surface area contributed by atoms with Gasteiger partial charge in [-0.3, -0.25) is 9.97 Å². The van der Waals surface area contributed by atoms with Gasteiger partial charge in [0.1, 0.15) is 0 Å². The second-order valence-electron chi connectivity index (χ2n) is 2.79. The number of carboxylic acids is 2. The molecule has 0 unspecified atom stereocenters. The minimum Gasteiger partial charge on any atom is -0.476 e. The molecular formula is C10H8N4O4Zn. The molecule has 8 nitrogen and oxygen atoms in total. The quantitative estimate of drug-likeness (QED) is 0.760. The van der Waals surface area contributed by atoms with Crippen LogP contribution in [0.3, 0.4) is 0 Å². The molecule has 19 heavy (non-hydrogen) atoms. The zero-order chi connectivity index (χ0) is 13.4. The molecule has 2 heterocycles. The first kappa shape index (κ1) is 16.7. The van der Waals surface area contributed by atoms with Crippen molar-refractivity contribution in [3.05, 3.63) is 48.6 Å². The Morgan fingerprint density at radius 1 is 0.789 bits per heavy atom. The van der Waals surface area contributed by atoms with Crippen LogP contribution in [0.4, 0.5) is 0 Å². The van der Waals surface area contributed by atoms with E-state index in [1.807, 2.05) is 0 Å². The Kier molecular flexibility index (Phi) is 7.71. The summed E-state index contributed by atoms with van der Waals surface area (Å²) in [6.07, 6.45) is 7.91. The molecular weight excluding hydrogens is 306 g/mol. The number of hydrogen-bond acceptors (Lipinski definition) is 6. The van der Waals surface area contributed by atoms with Crippen molar-refractivity contribution >= 4 is 11.9 Å². The van der Waals surface area contributed by atoms with Crippen molar-refractivity contribution in [3.8, 4) is 0 Å². The summed E-state index contributed by atoms with van der Waals surface area (Å²) in [6, 6.07) is 0. The maximum absolute atomic E-state index is 10.1. The van der Waals surface area contributed by atoms with E-state index in [4.69, 9.17) is 10.2 Å². The number of carboxylic acid groups (broad SMARTS) is 2. The summed E-state index contributed by atoms with van der Waals surface area (Å²) in [5.41, 5.74) is -0.0602. The van der Waals surface area contributed by atoms with Crippen LogP contribution in [0.25, 0.3) is 0 Å². The fourth-order valence-electron chi connectivity index (χ4n) is 0.819. The van der Waals surface area contributed by atoms with E-state index in [0.29, 0.717) is 0 Å². The zero-order valence-electron chi connectivity index (χ0n) is 9.67. The maximum Gasteiger partial charge on any atom is 0.356 e. The average Bonchev–Trinajstić information content (AvgIpc) is 2.41. The molecule has 2 N–H and O–H groups in total. The minimum atomic E-state index is -1.05. The largest absolute Gasteiger partial charge is 0.476 e. The Bertz CT molecular complexity index is 474. The van der Waals surface area contributed by atoms with Crippen LogP contribution >= 0.6 is 0 Å². The first-order valence-electron chi connectivity index (χ1n) is 4.60. The summed E-state index contributed by atoms with van der Waals surface area (Å²) in [4.78, 5) is 34.4. The van der Waals surface area contributed by atoms with Gasteiger partial charge in [-0.2, -0.15) is 0 Å². The third-order valence-electron chi connectivity index (χ3n) is 1.56. The summed E-state index contributed by atoms with van der Waals surface area (Å²) >= 11 is 0. The number of hydrogen-bond donors (Lipinski definition) is 2. The average molecular weight is 314 g/mol. The molecule has 0 saturated heterocycles. The van der Waals surface area contributed by atoms with Crippen LogP contribution in [0.5, 0.6) is 0 Å². The Balaban J connectivity index is 0.000000324. The van der Waals surface area contributed by atoms with Gasteiger partial charge in [0.05, 0.1) is 12.4 Å². The molecule has 0 amide bonds. The first-order valence-corrected chi connectivity index (χ1v) is 4.60. The van der Waals surface area contributed by atoms with Crippen LogP contribution < -0.4 is 0 Å². The second kappa shape index (κ2) is 8.76. The Morgan fingerprint density at radius 3 is 1.32 bits per heavy atom. The molecule has 0 aliphatic heterocycles. The van der Waals surface area contributed by atoms with E-state index in [2.05, 4.69) is 19.9 Å². The number of nitrogens with zero attached hydrogens (tertiary/aromatic N) is 4. The molecule has 94 valence electrons. The van der Waals surface area contributed by atoms with Crippen molar-refractivity contribution in [1.82, 2.24) is 19.9 Å². The van der Waals surface area contributed by atoms with Gasteiger partial charge in [-0.1, -0.05) is 0 Å². The predicted octanol–water partition coefficient (Wildman–Crippen LogP) is 0.347. The molecule has 9 heteroatoms. The van der Waals surface area contributed by atoms with Gasteiger partial charge in [0.2, 0.25) is 0 Å². The standard InChI is InChI=1S/2C5H4N2O2.Zn/c2*8-5(9)4-3-6-1-2-7-4;/h2*1-3H,(H,8,9);. The SMILES string of the molecule is O=C(O)c1cnccn1.O=C(O)c1cnccn1.[Zn]. The Morgan fingerprint density at radius 2 is 1.16 bits per heavy atom. The van der Waals surface area contributed by atoms with Gasteiger partial charge in [-0.05, 0) is 0 Å². The van der Waals surface area contributed by atoms with Gasteiger partial charge in [0.15, 0.2) is 11.4 Å². The normalized spacial score (nSPS) is 8.42. The van der Waals surface area contributed by atoms with E-state index in [1.54, 1.807) is 0 Å². The summed E-state index contributed by atoms with van der Waals surface area (Å²) in [6.45, 7) is 0. The fourth-order valence-corrected chi connectivity index (χ4v) is 0.819. The van der Waals surface area contributed by atoms with Crippen molar-refractivity contribution in [2.45, 2.75) is 0 Å². The van der Waals surface area contributed by atoms with Gasteiger partial charge in [0, 0.05) is 44.3 Å². The minimum absolute atomic E-state index is 0. The monoisotopic (exact) mass is 312 g/mol. The summed E-state index contributed by atoms with van der Waals surface area (Å²) in [5, 5.41) is 16.6. The third-order valence-corrected chi connectivity index (χ3v) is 1.56. The third kappa shape index (κ3) is 6.27. The van der Waals surface area contributed by atoms with Gasteiger partial charge in [0.25, 0.3) is 0 Å². The summed E-state index contributed by atoms with van der Waals surface area (Å²) in [5.74, 6) is -2.11. The number of aromatic nitrogens is 4. The molecule has 0 fully saturated rings. The van der Waals surface area contributed by atoms with Gasteiger partial charge < -0.3 is 10.2 Å². The molecule has 2 aromatic rings. The van der Waals surface area contributed by atoms with Crippen molar-refractivity contribution in [1.29, 1.82) is 0 Å². The molecule has 2 rings (SSSR count). The molecule has 0 aliphatic carbocycles. The van der Waals surface area contributed by atoms with Crippen molar-refractivity contribution < 1.29 is 39.3 Å². The Hall–Kier alpha value is -2.28. The summed E-state index contributed by atoms with van der Waals surface area (Å²) in [7, 11) is 0. The number of aromatic carboxylic acids is 2. The fraction of sp³-hybridized carbons (Fsp3) is 0. The second-order valence-corrected chi connectivity index (χ2v) is 2.79. The van der Waals surface area contributed by atoms with Crippen LogP contribution in [0.15, 0.2) is 37.2 Å². The molecule has 0 aliphatic rings. The van der Waals surface area contributed by atoms with Crippen LogP contribution in [-0.2, 0) is 19.5 Å². The summed E-state index contributed by atoms with van der Waals surface area (Å²) < 4.78 is 0. The topological polar surface area (TPSA) is 126 Å². The molecule has 2 aromatic heterocycles. The van der Waals surface area contributed by atoms with Gasteiger partial charge >= 0.3 is 11.9 Å². The molecule has 0 saturated carbocycles. The van der Waals surface area contributed by atoms with Crippen LogP contribution in [0, 0.1) is 0 Å². The maximum atomic E-state index is 10.1. The van der Waals surface area contributed by atoms with E-state index in [1.165, 1.54) is 37.2 Å². The van der Waals surface area contributed by atoms with Crippen molar-refractivity contribution in [2.24, 2.45) is 0 Å². The van der Waals surface area contributed by atoms with Crippen LogP contribution in [-0.4, -0.2) is 42.1 Å². The van der Waals surface area contributed by atoms with E-state index in [9.17, 15) is 9.59 Å². The molecule has 0 bridgehead atoms. The smallest absolute Gasteiger partial charge is 0.356 e. The first-order chi connectivity index (χ1) is 8.61. The van der Waals surface area contributed by atoms with E-state index in [-0.39, 0.29) is 30.9 Å². The number of carbonyl (C=O) groups is 2. The number of rotatable bonds is 2. The van der Waals surface area contributed by atoms with Crippen molar-refractivity contribution in [3.63, 3.8) is 0 Å². The molecule has 0 atom stereocenters. The van der Waals surface area contributed by atoms with Crippen LogP contribution in [0.2, 0.25) is 0 Å².